The van der Waals surface area contributed by atoms with E-state index in [-0.39, 0.29) is 11.5 Å². The summed E-state index contributed by atoms with van der Waals surface area (Å²) < 4.78 is 11.2. The van der Waals surface area contributed by atoms with E-state index in [1.807, 2.05) is 25.7 Å². The van der Waals surface area contributed by atoms with Crippen LogP contribution >= 0.6 is 11.6 Å². The van der Waals surface area contributed by atoms with Crippen LogP contribution in [0.2, 0.25) is 5.02 Å². The second-order valence-electron chi connectivity index (χ2n) is 11.0. The molecular weight excluding hydrogens is 412 g/mol. The van der Waals surface area contributed by atoms with E-state index < -0.39 is 5.60 Å². The average Bonchev–Trinajstić information content (AvgIpc) is 3.29. The van der Waals surface area contributed by atoms with Crippen LogP contribution in [-0.2, 0) is 15.9 Å². The summed E-state index contributed by atoms with van der Waals surface area (Å²) in [5, 5.41) is 0.849. The van der Waals surface area contributed by atoms with E-state index in [0.29, 0.717) is 11.8 Å². The Balaban J connectivity index is 1.32. The summed E-state index contributed by atoms with van der Waals surface area (Å²) in [6, 6.07) is 6.53. The monoisotopic (exact) mass is 448 g/mol. The number of carbonyl (C=O) groups excluding carboxylic acids is 1. The second kappa shape index (κ2) is 8.82. The summed E-state index contributed by atoms with van der Waals surface area (Å²) >= 11 is 6.58. The molecule has 3 heterocycles. The van der Waals surface area contributed by atoms with Gasteiger partial charge in [0.1, 0.15) is 5.60 Å². The van der Waals surface area contributed by atoms with Crippen molar-refractivity contribution in [2.24, 2.45) is 17.3 Å². The topological polar surface area (TPSA) is 42.0 Å². The maximum atomic E-state index is 12.4. The molecule has 3 fully saturated rings. The van der Waals surface area contributed by atoms with Gasteiger partial charge in [-0.15, -0.1) is 0 Å². The number of rotatable bonds is 4. The first kappa shape index (κ1) is 22.7. The van der Waals surface area contributed by atoms with Crippen LogP contribution in [0.15, 0.2) is 18.2 Å². The molecule has 6 heteroatoms. The van der Waals surface area contributed by atoms with E-state index >= 15 is 0 Å². The lowest BCUT2D eigenvalue weighted by molar-refractivity contribution is 0.0111. The molecule has 0 aromatic heterocycles. The maximum absolute atomic E-state index is 12.4. The molecule has 31 heavy (non-hydrogen) atoms. The molecule has 3 saturated heterocycles. The Labute approximate surface area is 192 Å². The number of benzene rings is 1. The van der Waals surface area contributed by atoms with Crippen molar-refractivity contribution in [2.45, 2.75) is 59.0 Å². The van der Waals surface area contributed by atoms with Gasteiger partial charge in [-0.05, 0) is 69.6 Å². The van der Waals surface area contributed by atoms with Crippen molar-refractivity contribution < 1.29 is 14.3 Å². The summed E-state index contributed by atoms with van der Waals surface area (Å²) in [5.41, 5.74) is 2.34. The molecule has 0 aliphatic carbocycles. The number of ether oxygens (including phenoxy) is 2. The third-order valence-electron chi connectivity index (χ3n) is 7.23. The third kappa shape index (κ3) is 5.48. The van der Waals surface area contributed by atoms with Gasteiger partial charge in [0.15, 0.2) is 0 Å². The minimum Gasteiger partial charge on any atom is -0.444 e. The molecule has 3 aliphatic rings. The van der Waals surface area contributed by atoms with Crippen LogP contribution in [0.1, 0.15) is 52.5 Å². The third-order valence-corrected chi connectivity index (χ3v) is 7.55. The number of halogens is 1. The first-order valence-electron chi connectivity index (χ1n) is 11.7. The number of anilines is 1. The van der Waals surface area contributed by atoms with Gasteiger partial charge in [0, 0.05) is 38.0 Å². The number of aryl methyl sites for hydroxylation is 1. The summed E-state index contributed by atoms with van der Waals surface area (Å²) in [5.74, 6) is 1.29. The predicted molar refractivity (Wildman–Crippen MR) is 125 cm³/mol. The minimum atomic E-state index is -0.439. The van der Waals surface area contributed by atoms with Crippen LogP contribution in [0, 0.1) is 17.3 Å². The highest BCUT2D eigenvalue weighted by molar-refractivity contribution is 6.33. The Hall–Kier alpha value is -1.46. The Morgan fingerprint density at radius 2 is 1.84 bits per heavy atom. The second-order valence-corrected chi connectivity index (χ2v) is 11.4. The van der Waals surface area contributed by atoms with Gasteiger partial charge in [-0.1, -0.05) is 24.6 Å². The molecule has 2 atom stereocenters. The fourth-order valence-electron chi connectivity index (χ4n) is 5.09. The summed E-state index contributed by atoms with van der Waals surface area (Å²) in [6.07, 6.45) is 4.01. The van der Waals surface area contributed by atoms with E-state index in [4.69, 9.17) is 21.1 Å². The standard InChI is InChI=1S/C25H37ClN2O3/c1-24(2,3)31-23(29)27-11-9-25(4,10-12-27)8-7-18-5-6-21(26)22(13-18)28-14-19-16-30-17-20(19)15-28/h5-6,13,19-20H,7-12,14-17H2,1-4H3. The first-order valence-corrected chi connectivity index (χ1v) is 12.1. The Morgan fingerprint density at radius 1 is 1.19 bits per heavy atom. The number of hydrogen-bond acceptors (Lipinski definition) is 4. The van der Waals surface area contributed by atoms with Crippen molar-refractivity contribution in [3.63, 3.8) is 0 Å². The molecule has 3 aliphatic heterocycles. The number of hydrogen-bond donors (Lipinski definition) is 0. The van der Waals surface area contributed by atoms with Crippen molar-refractivity contribution >= 4 is 23.4 Å². The van der Waals surface area contributed by atoms with Gasteiger partial charge in [0.25, 0.3) is 0 Å². The summed E-state index contributed by atoms with van der Waals surface area (Å²) in [6.45, 7) is 13.5. The maximum Gasteiger partial charge on any atom is 0.410 e. The van der Waals surface area contributed by atoms with Crippen molar-refractivity contribution in [1.29, 1.82) is 0 Å². The molecule has 0 spiro atoms. The fraction of sp³-hybridized carbons (Fsp3) is 0.720. The predicted octanol–water partition coefficient (Wildman–Crippen LogP) is 5.39. The van der Waals surface area contributed by atoms with Crippen LogP contribution in [0.25, 0.3) is 0 Å². The lowest BCUT2D eigenvalue weighted by Crippen LogP contribution is -2.44. The van der Waals surface area contributed by atoms with Gasteiger partial charge >= 0.3 is 6.09 Å². The van der Waals surface area contributed by atoms with Crippen LogP contribution in [0.3, 0.4) is 0 Å². The van der Waals surface area contributed by atoms with Gasteiger partial charge in [-0.25, -0.2) is 4.79 Å². The number of carbonyl (C=O) groups is 1. The molecule has 1 aromatic carbocycles. The van der Waals surface area contributed by atoms with E-state index in [1.165, 1.54) is 11.3 Å². The highest BCUT2D eigenvalue weighted by atomic mass is 35.5. The molecule has 0 bridgehead atoms. The lowest BCUT2D eigenvalue weighted by Gasteiger charge is -2.40. The quantitative estimate of drug-likeness (QED) is 0.619. The van der Waals surface area contributed by atoms with E-state index in [1.54, 1.807) is 0 Å². The van der Waals surface area contributed by atoms with Crippen LogP contribution < -0.4 is 4.90 Å². The Kier molecular flexibility index (Phi) is 6.47. The smallest absolute Gasteiger partial charge is 0.410 e. The fourth-order valence-corrected chi connectivity index (χ4v) is 5.33. The van der Waals surface area contributed by atoms with Crippen molar-refractivity contribution in [1.82, 2.24) is 4.90 Å². The molecule has 5 nitrogen and oxygen atoms in total. The number of fused-ring (bicyclic) bond motifs is 1. The van der Waals surface area contributed by atoms with Gasteiger partial charge in [-0.3, -0.25) is 0 Å². The molecule has 0 N–H and O–H groups in total. The van der Waals surface area contributed by atoms with Crippen LogP contribution in [0.5, 0.6) is 0 Å². The highest BCUT2D eigenvalue weighted by Gasteiger charge is 2.38. The van der Waals surface area contributed by atoms with E-state index in [9.17, 15) is 4.79 Å². The zero-order chi connectivity index (χ0) is 22.2. The van der Waals surface area contributed by atoms with Crippen molar-refractivity contribution in [3.8, 4) is 0 Å². The number of amides is 1. The SMILES string of the molecule is CC1(CCc2ccc(Cl)c(N3CC4COCC4C3)c2)CCN(C(=O)OC(C)(C)C)CC1. The minimum absolute atomic E-state index is 0.183. The molecule has 1 aromatic rings. The van der Waals surface area contributed by atoms with Crippen molar-refractivity contribution in [2.75, 3.05) is 44.3 Å². The lowest BCUT2D eigenvalue weighted by atomic mass is 9.76. The van der Waals surface area contributed by atoms with Gasteiger partial charge in [-0.2, -0.15) is 0 Å². The molecule has 172 valence electrons. The van der Waals surface area contributed by atoms with Crippen LogP contribution in [0.4, 0.5) is 10.5 Å². The molecule has 4 rings (SSSR count). The zero-order valence-corrected chi connectivity index (χ0v) is 20.2. The first-order chi connectivity index (χ1) is 14.6. The summed E-state index contributed by atoms with van der Waals surface area (Å²) in [7, 11) is 0. The molecule has 2 unspecified atom stereocenters. The molecular formula is C25H37ClN2O3. The highest BCUT2D eigenvalue weighted by Crippen LogP contribution is 2.39. The molecule has 1 amide bonds. The Morgan fingerprint density at radius 3 is 2.45 bits per heavy atom. The van der Waals surface area contributed by atoms with Gasteiger partial charge in [0.2, 0.25) is 0 Å². The van der Waals surface area contributed by atoms with E-state index in [0.717, 1.165) is 70.1 Å². The molecule has 0 radical (unpaired) electrons. The van der Waals surface area contributed by atoms with Crippen LogP contribution in [-0.4, -0.2) is 56.0 Å². The Bertz CT molecular complexity index is 786. The number of nitrogens with zero attached hydrogens (tertiary/aromatic N) is 2. The number of likely N-dealkylation sites (tertiary alicyclic amines) is 1. The number of piperidine rings is 1. The normalized spacial score (nSPS) is 25.6. The average molecular weight is 449 g/mol. The van der Waals surface area contributed by atoms with Gasteiger partial charge < -0.3 is 19.3 Å². The zero-order valence-electron chi connectivity index (χ0n) is 19.5. The van der Waals surface area contributed by atoms with E-state index in [2.05, 4.69) is 30.0 Å². The summed E-state index contributed by atoms with van der Waals surface area (Å²) in [4.78, 5) is 16.7. The van der Waals surface area contributed by atoms with Gasteiger partial charge in [0.05, 0.1) is 23.9 Å². The molecule has 0 saturated carbocycles. The largest absolute Gasteiger partial charge is 0.444 e. The van der Waals surface area contributed by atoms with Crippen molar-refractivity contribution in [3.05, 3.63) is 28.8 Å².